The third-order valence-corrected chi connectivity index (χ3v) is 2.96. The molecule has 2 amide bonds. The van der Waals surface area contributed by atoms with Gasteiger partial charge < -0.3 is 5.32 Å². The van der Waals surface area contributed by atoms with Gasteiger partial charge in [-0.25, -0.2) is 4.98 Å². The second kappa shape index (κ2) is 5.10. The summed E-state index contributed by atoms with van der Waals surface area (Å²) in [6.45, 7) is 1.51. The maximum Gasteiger partial charge on any atom is 0.433 e. The Morgan fingerprint density at radius 1 is 1.40 bits per heavy atom. The third kappa shape index (κ3) is 2.73. The Bertz CT molecular complexity index is 528. The molecule has 0 bridgehead atoms. The number of aromatic nitrogens is 1. The van der Waals surface area contributed by atoms with Gasteiger partial charge in [0.2, 0.25) is 11.8 Å². The van der Waals surface area contributed by atoms with Crippen LogP contribution in [0.15, 0.2) is 18.3 Å². The minimum Gasteiger partial charge on any atom is -0.343 e. The maximum atomic E-state index is 12.4. The number of hydrogen-bond donors (Lipinski definition) is 1. The molecule has 1 aliphatic rings. The van der Waals surface area contributed by atoms with Crippen LogP contribution in [0.1, 0.15) is 19.0 Å². The van der Waals surface area contributed by atoms with Crippen LogP contribution in [0, 0.1) is 0 Å². The summed E-state index contributed by atoms with van der Waals surface area (Å²) in [6, 6.07) is 1.27. The number of amides is 2. The molecule has 0 saturated carbocycles. The smallest absolute Gasteiger partial charge is 0.343 e. The van der Waals surface area contributed by atoms with Crippen LogP contribution in [0.25, 0.3) is 0 Å². The molecule has 0 aliphatic carbocycles. The molecule has 1 unspecified atom stereocenters. The molecule has 5 nitrogen and oxygen atoms in total. The van der Waals surface area contributed by atoms with Gasteiger partial charge in [-0.1, -0.05) is 6.92 Å². The molecule has 0 aromatic carbocycles. The molecule has 20 heavy (non-hydrogen) atoms. The van der Waals surface area contributed by atoms with Crippen molar-refractivity contribution in [3.8, 4) is 0 Å². The first-order valence-corrected chi connectivity index (χ1v) is 5.97. The standard InChI is InChI=1S/C12H12F3N3O2/c1-2-8-11(20)18(6-10(19)17-8)7-3-4-9(16-5-7)12(13,14)15/h3-5,8H,2,6H2,1H3,(H,17,19). The van der Waals surface area contributed by atoms with Gasteiger partial charge in [0, 0.05) is 0 Å². The molecule has 0 radical (unpaired) electrons. The van der Waals surface area contributed by atoms with E-state index in [9.17, 15) is 22.8 Å². The molecule has 1 N–H and O–H groups in total. The van der Waals surface area contributed by atoms with Crippen LogP contribution in [0.5, 0.6) is 0 Å². The summed E-state index contributed by atoms with van der Waals surface area (Å²) in [6.07, 6.45) is -3.17. The van der Waals surface area contributed by atoms with Gasteiger partial charge in [-0.15, -0.1) is 0 Å². The van der Waals surface area contributed by atoms with E-state index in [-0.39, 0.29) is 24.0 Å². The first-order chi connectivity index (χ1) is 9.32. The van der Waals surface area contributed by atoms with E-state index in [4.69, 9.17) is 0 Å². The first-order valence-electron chi connectivity index (χ1n) is 5.97. The normalized spacial score (nSPS) is 20.0. The zero-order valence-corrected chi connectivity index (χ0v) is 10.6. The first kappa shape index (κ1) is 14.3. The number of carbonyl (C=O) groups is 2. The number of rotatable bonds is 2. The Labute approximate surface area is 112 Å². The number of carbonyl (C=O) groups excluding carboxylic acids is 2. The Balaban J connectivity index is 2.26. The summed E-state index contributed by atoms with van der Waals surface area (Å²) in [5.74, 6) is -0.704. The SMILES string of the molecule is CCC1NC(=O)CN(c2ccc(C(F)(F)F)nc2)C1=O. The van der Waals surface area contributed by atoms with Crippen molar-refractivity contribution >= 4 is 17.5 Å². The number of nitrogens with zero attached hydrogens (tertiary/aromatic N) is 2. The molecule has 1 saturated heterocycles. The number of piperazine rings is 1. The lowest BCUT2D eigenvalue weighted by atomic mass is 10.1. The number of halogens is 3. The largest absolute Gasteiger partial charge is 0.433 e. The summed E-state index contributed by atoms with van der Waals surface area (Å²) < 4.78 is 37.2. The molecular weight excluding hydrogens is 275 g/mol. The van der Waals surface area contributed by atoms with Gasteiger partial charge in [0.05, 0.1) is 11.9 Å². The predicted octanol–water partition coefficient (Wildman–Crippen LogP) is 1.34. The van der Waals surface area contributed by atoms with Crippen molar-refractivity contribution in [2.24, 2.45) is 0 Å². The van der Waals surface area contributed by atoms with E-state index in [1.807, 2.05) is 0 Å². The zero-order valence-electron chi connectivity index (χ0n) is 10.6. The van der Waals surface area contributed by atoms with E-state index in [0.29, 0.717) is 6.42 Å². The van der Waals surface area contributed by atoms with E-state index in [2.05, 4.69) is 10.3 Å². The van der Waals surface area contributed by atoms with Crippen molar-refractivity contribution in [3.05, 3.63) is 24.0 Å². The molecule has 108 valence electrons. The van der Waals surface area contributed by atoms with Crippen molar-refractivity contribution in [2.75, 3.05) is 11.4 Å². The van der Waals surface area contributed by atoms with Crippen LogP contribution in [-0.4, -0.2) is 29.4 Å². The second-order valence-corrected chi connectivity index (χ2v) is 4.35. The summed E-state index contributed by atoms with van der Waals surface area (Å²) >= 11 is 0. The molecule has 1 aromatic rings. The van der Waals surface area contributed by atoms with Crippen LogP contribution >= 0.6 is 0 Å². The van der Waals surface area contributed by atoms with Crippen molar-refractivity contribution < 1.29 is 22.8 Å². The van der Waals surface area contributed by atoms with E-state index in [1.54, 1.807) is 6.92 Å². The minimum atomic E-state index is -4.53. The van der Waals surface area contributed by atoms with Gasteiger partial charge in [0.1, 0.15) is 18.3 Å². The Morgan fingerprint density at radius 2 is 2.10 bits per heavy atom. The predicted molar refractivity (Wildman–Crippen MR) is 63.8 cm³/mol. The quantitative estimate of drug-likeness (QED) is 0.893. The molecule has 1 aliphatic heterocycles. The Kier molecular flexibility index (Phi) is 3.65. The third-order valence-electron chi connectivity index (χ3n) is 2.96. The van der Waals surface area contributed by atoms with Crippen molar-refractivity contribution in [1.82, 2.24) is 10.3 Å². The lowest BCUT2D eigenvalue weighted by Crippen LogP contribution is -2.58. The van der Waals surface area contributed by atoms with Crippen LogP contribution in [0.3, 0.4) is 0 Å². The van der Waals surface area contributed by atoms with Crippen LogP contribution < -0.4 is 10.2 Å². The summed E-state index contributed by atoms with van der Waals surface area (Å²) in [5.41, 5.74) is -0.862. The van der Waals surface area contributed by atoms with Crippen LogP contribution in [0.4, 0.5) is 18.9 Å². The highest BCUT2D eigenvalue weighted by molar-refractivity contribution is 6.06. The van der Waals surface area contributed by atoms with Gasteiger partial charge >= 0.3 is 6.18 Å². The van der Waals surface area contributed by atoms with Gasteiger partial charge in [-0.05, 0) is 18.6 Å². The molecular formula is C12H12F3N3O2. The van der Waals surface area contributed by atoms with E-state index < -0.39 is 17.9 Å². The van der Waals surface area contributed by atoms with Crippen molar-refractivity contribution in [2.45, 2.75) is 25.6 Å². The topological polar surface area (TPSA) is 62.3 Å². The molecule has 1 atom stereocenters. The highest BCUT2D eigenvalue weighted by Gasteiger charge is 2.34. The fourth-order valence-corrected chi connectivity index (χ4v) is 1.92. The Morgan fingerprint density at radius 3 is 2.60 bits per heavy atom. The Hall–Kier alpha value is -2.12. The molecule has 8 heteroatoms. The average molecular weight is 287 g/mol. The maximum absolute atomic E-state index is 12.4. The van der Waals surface area contributed by atoms with Gasteiger partial charge in [0.25, 0.3) is 0 Å². The monoisotopic (exact) mass is 287 g/mol. The fraction of sp³-hybridized carbons (Fsp3) is 0.417. The highest BCUT2D eigenvalue weighted by Crippen LogP contribution is 2.28. The number of pyridine rings is 1. The average Bonchev–Trinajstić information content (AvgIpc) is 2.40. The van der Waals surface area contributed by atoms with E-state index >= 15 is 0 Å². The lowest BCUT2D eigenvalue weighted by Gasteiger charge is -2.31. The highest BCUT2D eigenvalue weighted by atomic mass is 19.4. The van der Waals surface area contributed by atoms with Gasteiger partial charge in [-0.3, -0.25) is 14.5 Å². The number of alkyl halides is 3. The van der Waals surface area contributed by atoms with E-state index in [0.717, 1.165) is 23.2 Å². The molecule has 2 rings (SSSR count). The molecule has 0 spiro atoms. The summed E-state index contributed by atoms with van der Waals surface area (Å²) in [4.78, 5) is 28.0. The van der Waals surface area contributed by atoms with Gasteiger partial charge in [0.15, 0.2) is 0 Å². The molecule has 1 fully saturated rings. The zero-order chi connectivity index (χ0) is 14.9. The fourth-order valence-electron chi connectivity index (χ4n) is 1.92. The number of hydrogen-bond acceptors (Lipinski definition) is 3. The minimum absolute atomic E-state index is 0.177. The number of nitrogens with one attached hydrogen (secondary N) is 1. The van der Waals surface area contributed by atoms with Crippen LogP contribution in [0.2, 0.25) is 0 Å². The second-order valence-electron chi connectivity index (χ2n) is 4.35. The number of anilines is 1. The molecule has 2 heterocycles. The van der Waals surface area contributed by atoms with Crippen molar-refractivity contribution in [3.63, 3.8) is 0 Å². The summed E-state index contributed by atoms with van der Waals surface area (Å²) in [7, 11) is 0. The lowest BCUT2D eigenvalue weighted by molar-refractivity contribution is -0.141. The summed E-state index contributed by atoms with van der Waals surface area (Å²) in [5, 5.41) is 2.52. The molecule has 1 aromatic heterocycles. The van der Waals surface area contributed by atoms with E-state index in [1.165, 1.54) is 0 Å². The van der Waals surface area contributed by atoms with Gasteiger partial charge in [-0.2, -0.15) is 13.2 Å². The van der Waals surface area contributed by atoms with Crippen molar-refractivity contribution in [1.29, 1.82) is 0 Å². The van der Waals surface area contributed by atoms with Crippen LogP contribution in [-0.2, 0) is 15.8 Å².